The topological polar surface area (TPSA) is 46.0 Å². The Bertz CT molecular complexity index is 576. The van der Waals surface area contributed by atoms with E-state index in [1.165, 1.54) is 35.7 Å². The van der Waals surface area contributed by atoms with E-state index in [-0.39, 0.29) is 12.4 Å². The molecule has 0 aliphatic rings. The maximum Gasteiger partial charge on any atom is 0.170 e. The molecule has 0 saturated carbocycles. The Morgan fingerprint density at radius 2 is 2.33 bits per heavy atom. The maximum atomic E-state index is 13.7. The Kier molecular flexibility index (Phi) is 4.70. The van der Waals surface area contributed by atoms with Crippen LogP contribution in [0.3, 0.4) is 0 Å². The minimum Gasteiger partial charge on any atom is -0.384 e. The van der Waals surface area contributed by atoms with E-state index >= 15 is 0 Å². The third kappa shape index (κ3) is 3.53. The predicted octanol–water partition coefficient (Wildman–Crippen LogP) is 2.31. The molecule has 1 N–H and O–H groups in total. The zero-order chi connectivity index (χ0) is 12.8. The van der Waals surface area contributed by atoms with E-state index in [9.17, 15) is 4.39 Å². The van der Waals surface area contributed by atoms with E-state index in [0.29, 0.717) is 16.9 Å². The fraction of sp³-hybridized carbons (Fsp3) is 0.167. The highest BCUT2D eigenvalue weighted by Crippen LogP contribution is 2.24. The third-order valence-electron chi connectivity index (χ3n) is 2.06. The van der Waals surface area contributed by atoms with Crippen molar-refractivity contribution in [2.45, 2.75) is 10.1 Å². The second-order valence-electron chi connectivity index (χ2n) is 3.26. The molecular weight excluding hydrogens is 271 g/mol. The smallest absolute Gasteiger partial charge is 0.170 e. The first-order valence-corrected chi connectivity index (χ1v) is 6.83. The van der Waals surface area contributed by atoms with Crippen molar-refractivity contribution in [1.82, 2.24) is 9.36 Å². The lowest BCUT2D eigenvalue weighted by molar-refractivity contribution is 0.350. The van der Waals surface area contributed by atoms with Crippen LogP contribution in [0.5, 0.6) is 0 Å². The average Bonchev–Trinajstić information content (AvgIpc) is 2.88. The minimum atomic E-state index is -0.295. The molecule has 0 bridgehead atoms. The van der Waals surface area contributed by atoms with Crippen molar-refractivity contribution in [2.75, 3.05) is 6.61 Å². The van der Waals surface area contributed by atoms with E-state index in [1.54, 1.807) is 12.1 Å². The van der Waals surface area contributed by atoms with Gasteiger partial charge in [0, 0.05) is 11.3 Å². The molecule has 0 amide bonds. The van der Waals surface area contributed by atoms with Crippen molar-refractivity contribution in [2.24, 2.45) is 0 Å². The summed E-state index contributed by atoms with van der Waals surface area (Å²) in [4.78, 5) is 4.02. The molecule has 0 saturated heterocycles. The monoisotopic (exact) mass is 280 g/mol. The molecule has 1 heterocycles. The van der Waals surface area contributed by atoms with Crippen LogP contribution in [-0.2, 0) is 5.75 Å². The summed E-state index contributed by atoms with van der Waals surface area (Å²) < 4.78 is 18.4. The highest BCUT2D eigenvalue weighted by atomic mass is 32.2. The molecule has 0 radical (unpaired) electrons. The summed E-state index contributed by atoms with van der Waals surface area (Å²) in [7, 11) is 0. The summed E-state index contributed by atoms with van der Waals surface area (Å²) >= 11 is 2.74. The second-order valence-corrected chi connectivity index (χ2v) is 5.26. The summed E-state index contributed by atoms with van der Waals surface area (Å²) in [6.45, 7) is -0.226. The van der Waals surface area contributed by atoms with Crippen LogP contribution in [0.2, 0.25) is 0 Å². The molecule has 0 aliphatic heterocycles. The Hall–Kier alpha value is -1.42. The maximum absolute atomic E-state index is 13.7. The normalized spacial score (nSPS) is 9.89. The van der Waals surface area contributed by atoms with Crippen molar-refractivity contribution >= 4 is 23.3 Å². The lowest BCUT2D eigenvalue weighted by Crippen LogP contribution is -1.89. The summed E-state index contributed by atoms with van der Waals surface area (Å²) in [5, 5.41) is 8.56. The van der Waals surface area contributed by atoms with Crippen LogP contribution in [-0.4, -0.2) is 21.1 Å². The van der Waals surface area contributed by atoms with Crippen molar-refractivity contribution in [1.29, 1.82) is 0 Å². The molecule has 6 heteroatoms. The highest BCUT2D eigenvalue weighted by Gasteiger charge is 2.05. The zero-order valence-corrected chi connectivity index (χ0v) is 10.9. The van der Waals surface area contributed by atoms with Gasteiger partial charge in [-0.25, -0.2) is 9.37 Å². The first-order valence-electron chi connectivity index (χ1n) is 5.07. The van der Waals surface area contributed by atoms with Gasteiger partial charge in [0.1, 0.15) is 18.8 Å². The third-order valence-corrected chi connectivity index (χ3v) is 3.90. The number of thioether (sulfide) groups is 1. The van der Waals surface area contributed by atoms with Crippen LogP contribution in [0.25, 0.3) is 0 Å². The summed E-state index contributed by atoms with van der Waals surface area (Å²) in [5.41, 5.74) is 1.16. The lowest BCUT2D eigenvalue weighted by atomic mass is 10.1. The summed E-state index contributed by atoms with van der Waals surface area (Å²) in [6.07, 6.45) is 1.48. The fourth-order valence-electron chi connectivity index (χ4n) is 1.25. The Morgan fingerprint density at radius 1 is 1.44 bits per heavy atom. The molecule has 2 aromatic rings. The molecule has 0 spiro atoms. The number of benzene rings is 1. The molecule has 0 aliphatic carbocycles. The van der Waals surface area contributed by atoms with Crippen LogP contribution in [0.4, 0.5) is 4.39 Å². The van der Waals surface area contributed by atoms with Crippen LogP contribution in [0.15, 0.2) is 28.9 Å². The lowest BCUT2D eigenvalue weighted by Gasteiger charge is -2.01. The molecule has 0 atom stereocenters. The van der Waals surface area contributed by atoms with Gasteiger partial charge in [-0.05, 0) is 29.2 Å². The molecule has 2 rings (SSSR count). The number of aliphatic hydroxyl groups is 1. The van der Waals surface area contributed by atoms with Crippen LogP contribution in [0, 0.1) is 17.7 Å². The first kappa shape index (κ1) is 13.0. The second kappa shape index (κ2) is 6.50. The van der Waals surface area contributed by atoms with E-state index in [0.717, 1.165) is 4.34 Å². The van der Waals surface area contributed by atoms with E-state index in [4.69, 9.17) is 5.11 Å². The number of rotatable bonds is 3. The summed E-state index contributed by atoms with van der Waals surface area (Å²) in [6, 6.07) is 4.81. The van der Waals surface area contributed by atoms with E-state index in [1.807, 2.05) is 0 Å². The Balaban J connectivity index is 2.05. The number of hydrogen-bond donors (Lipinski definition) is 1. The molecule has 92 valence electrons. The molecule has 0 unspecified atom stereocenters. The molecule has 0 fully saturated rings. The quantitative estimate of drug-likeness (QED) is 0.692. The van der Waals surface area contributed by atoms with Crippen molar-refractivity contribution in [3.8, 4) is 11.8 Å². The molecule has 1 aromatic heterocycles. The van der Waals surface area contributed by atoms with Crippen LogP contribution >= 0.6 is 23.3 Å². The van der Waals surface area contributed by atoms with E-state index < -0.39 is 0 Å². The number of aromatic nitrogens is 2. The number of nitrogens with zero attached hydrogens (tertiary/aromatic N) is 2. The van der Waals surface area contributed by atoms with Gasteiger partial charge in [0.25, 0.3) is 0 Å². The molecular formula is C12H9FN2OS2. The van der Waals surface area contributed by atoms with Gasteiger partial charge in [-0.3, -0.25) is 0 Å². The van der Waals surface area contributed by atoms with Gasteiger partial charge >= 0.3 is 0 Å². The average molecular weight is 280 g/mol. The SMILES string of the molecule is OCC#Cc1ccc(CSc2ncns2)c(F)c1. The fourth-order valence-corrected chi connectivity index (χ4v) is 2.68. The number of aliphatic hydroxyl groups excluding tert-OH is 1. The van der Waals surface area contributed by atoms with Gasteiger partial charge < -0.3 is 5.11 Å². The number of halogens is 1. The molecule has 1 aromatic carbocycles. The summed E-state index contributed by atoms with van der Waals surface area (Å²) in [5.74, 6) is 5.36. The van der Waals surface area contributed by atoms with Gasteiger partial charge in [0.05, 0.1) is 0 Å². The van der Waals surface area contributed by atoms with E-state index in [2.05, 4.69) is 21.2 Å². The molecule has 18 heavy (non-hydrogen) atoms. The zero-order valence-electron chi connectivity index (χ0n) is 9.26. The van der Waals surface area contributed by atoms with Crippen molar-refractivity contribution in [3.05, 3.63) is 41.5 Å². The van der Waals surface area contributed by atoms with Crippen molar-refractivity contribution < 1.29 is 9.50 Å². The Morgan fingerprint density at radius 3 is 3.00 bits per heavy atom. The van der Waals surface area contributed by atoms with Gasteiger partial charge in [-0.15, -0.1) is 0 Å². The number of hydrogen-bond acceptors (Lipinski definition) is 5. The van der Waals surface area contributed by atoms with Gasteiger partial charge in [-0.1, -0.05) is 29.7 Å². The highest BCUT2D eigenvalue weighted by molar-refractivity contribution is 8.00. The molecule has 3 nitrogen and oxygen atoms in total. The van der Waals surface area contributed by atoms with Gasteiger partial charge in [-0.2, -0.15) is 4.37 Å². The largest absolute Gasteiger partial charge is 0.384 e. The first-order chi connectivity index (χ1) is 8.79. The Labute approximate surface area is 112 Å². The predicted molar refractivity (Wildman–Crippen MR) is 69.8 cm³/mol. The van der Waals surface area contributed by atoms with Gasteiger partial charge in [0.2, 0.25) is 0 Å². The van der Waals surface area contributed by atoms with Crippen LogP contribution < -0.4 is 0 Å². The van der Waals surface area contributed by atoms with Crippen LogP contribution in [0.1, 0.15) is 11.1 Å². The van der Waals surface area contributed by atoms with Crippen molar-refractivity contribution in [3.63, 3.8) is 0 Å². The standard InChI is InChI=1S/C12H9FN2OS2/c13-11-6-9(2-1-5-16)3-4-10(11)7-17-12-14-8-15-18-12/h3-4,6,8,16H,5,7H2. The minimum absolute atomic E-state index is 0.226. The van der Waals surface area contributed by atoms with Gasteiger partial charge in [0.15, 0.2) is 4.34 Å².